The van der Waals surface area contributed by atoms with Gasteiger partial charge >= 0.3 is 0 Å². The van der Waals surface area contributed by atoms with Crippen LogP contribution >= 0.6 is 0 Å². The van der Waals surface area contributed by atoms with E-state index in [-0.39, 0.29) is 0 Å². The number of nitrogens with zero attached hydrogens (tertiary/aromatic N) is 1. The average molecular weight is 228 g/mol. The van der Waals surface area contributed by atoms with Gasteiger partial charge in [-0.1, -0.05) is 12.1 Å². The van der Waals surface area contributed by atoms with Crippen molar-refractivity contribution in [3.8, 4) is 11.5 Å². The maximum atomic E-state index is 5.81. The normalized spacial score (nSPS) is 10.0. The van der Waals surface area contributed by atoms with Crippen molar-refractivity contribution >= 4 is 11.4 Å². The maximum absolute atomic E-state index is 5.81. The molecule has 0 atom stereocenters. The Morgan fingerprint density at radius 2 is 1.59 bits per heavy atom. The molecule has 17 heavy (non-hydrogen) atoms. The number of benzene rings is 2. The summed E-state index contributed by atoms with van der Waals surface area (Å²) in [4.78, 5) is 2.04. The highest BCUT2D eigenvalue weighted by molar-refractivity contribution is 5.54. The molecule has 0 bridgehead atoms. The number of nitrogens with two attached hydrogens (primary N) is 1. The Kier molecular flexibility index (Phi) is 3.19. The molecule has 0 spiro atoms. The van der Waals surface area contributed by atoms with E-state index in [0.717, 1.165) is 11.4 Å². The van der Waals surface area contributed by atoms with E-state index in [1.807, 2.05) is 67.5 Å². The zero-order chi connectivity index (χ0) is 12.3. The van der Waals surface area contributed by atoms with Crippen molar-refractivity contribution in [1.82, 2.24) is 0 Å². The first-order valence-electron chi connectivity index (χ1n) is 5.46. The second-order valence-corrected chi connectivity index (χ2v) is 4.03. The van der Waals surface area contributed by atoms with Gasteiger partial charge in [-0.05, 0) is 36.4 Å². The molecule has 2 rings (SSSR count). The zero-order valence-electron chi connectivity index (χ0n) is 10.1. The fourth-order valence-corrected chi connectivity index (χ4v) is 1.51. The highest BCUT2D eigenvalue weighted by Crippen LogP contribution is 2.27. The smallest absolute Gasteiger partial charge is 0.150 e. The number of ether oxygens (including phenoxy) is 1. The van der Waals surface area contributed by atoms with Gasteiger partial charge in [0.15, 0.2) is 0 Å². The minimum Gasteiger partial charge on any atom is -0.455 e. The predicted molar refractivity (Wildman–Crippen MR) is 71.7 cm³/mol. The van der Waals surface area contributed by atoms with Crippen molar-refractivity contribution in [3.63, 3.8) is 0 Å². The Bertz CT molecular complexity index is 492. The molecule has 0 saturated heterocycles. The Balaban J connectivity index is 2.17. The molecular formula is C14H16N2O. The summed E-state index contributed by atoms with van der Waals surface area (Å²) < 4.78 is 5.70. The van der Waals surface area contributed by atoms with Crippen LogP contribution in [0.3, 0.4) is 0 Å². The third kappa shape index (κ3) is 2.69. The minimum absolute atomic E-state index is 0.643. The van der Waals surface area contributed by atoms with Gasteiger partial charge in [0.2, 0.25) is 0 Å². The summed E-state index contributed by atoms with van der Waals surface area (Å²) in [5.41, 5.74) is 7.59. The first-order valence-corrected chi connectivity index (χ1v) is 5.46. The molecule has 0 aliphatic rings. The standard InChI is InChI=1S/C14H16N2O/c1-16(2)11-7-9-12(10-8-11)17-14-6-4-3-5-13(14)15/h3-10H,15H2,1-2H3. The van der Waals surface area contributed by atoms with Crippen LogP contribution in [0.2, 0.25) is 0 Å². The predicted octanol–water partition coefficient (Wildman–Crippen LogP) is 3.13. The summed E-state index contributed by atoms with van der Waals surface area (Å²) in [5.74, 6) is 1.47. The van der Waals surface area contributed by atoms with Gasteiger partial charge in [0.05, 0.1) is 5.69 Å². The number of nitrogen functional groups attached to an aromatic ring is 1. The second kappa shape index (κ2) is 4.78. The van der Waals surface area contributed by atoms with E-state index in [1.54, 1.807) is 0 Å². The lowest BCUT2D eigenvalue weighted by atomic mass is 10.2. The SMILES string of the molecule is CN(C)c1ccc(Oc2ccccc2N)cc1. The molecule has 2 N–H and O–H groups in total. The lowest BCUT2D eigenvalue weighted by Crippen LogP contribution is -2.07. The average Bonchev–Trinajstić information content (AvgIpc) is 2.33. The third-order valence-corrected chi connectivity index (χ3v) is 2.50. The van der Waals surface area contributed by atoms with Gasteiger partial charge in [0.1, 0.15) is 11.5 Å². The van der Waals surface area contributed by atoms with Gasteiger partial charge in [-0.3, -0.25) is 0 Å². The Labute approximate surface area is 101 Å². The number of rotatable bonds is 3. The fourth-order valence-electron chi connectivity index (χ4n) is 1.51. The first-order chi connectivity index (χ1) is 8.16. The number of para-hydroxylation sites is 2. The molecule has 0 aliphatic heterocycles. The molecule has 0 unspecified atom stereocenters. The molecule has 0 radical (unpaired) electrons. The molecule has 0 aliphatic carbocycles. The van der Waals surface area contributed by atoms with Crippen molar-refractivity contribution in [3.05, 3.63) is 48.5 Å². The van der Waals surface area contributed by atoms with Crippen molar-refractivity contribution in [2.75, 3.05) is 24.7 Å². The lowest BCUT2D eigenvalue weighted by Gasteiger charge is -2.13. The molecule has 3 heteroatoms. The van der Waals surface area contributed by atoms with Crippen LogP contribution in [0.5, 0.6) is 11.5 Å². The van der Waals surface area contributed by atoms with Crippen LogP contribution in [0.1, 0.15) is 0 Å². The van der Waals surface area contributed by atoms with Gasteiger partial charge in [-0.2, -0.15) is 0 Å². The van der Waals surface area contributed by atoms with E-state index in [1.165, 1.54) is 0 Å². The highest BCUT2D eigenvalue weighted by atomic mass is 16.5. The van der Waals surface area contributed by atoms with E-state index in [9.17, 15) is 0 Å². The Hall–Kier alpha value is -2.16. The second-order valence-electron chi connectivity index (χ2n) is 4.03. The van der Waals surface area contributed by atoms with E-state index in [0.29, 0.717) is 11.4 Å². The third-order valence-electron chi connectivity index (χ3n) is 2.50. The summed E-state index contributed by atoms with van der Waals surface area (Å²) >= 11 is 0. The van der Waals surface area contributed by atoms with Crippen LogP contribution in [0.25, 0.3) is 0 Å². The lowest BCUT2D eigenvalue weighted by molar-refractivity contribution is 0.485. The van der Waals surface area contributed by atoms with Gasteiger partial charge in [-0.25, -0.2) is 0 Å². The van der Waals surface area contributed by atoms with E-state index >= 15 is 0 Å². The molecule has 2 aromatic rings. The molecule has 0 aromatic heterocycles. The summed E-state index contributed by atoms with van der Waals surface area (Å²) in [6.45, 7) is 0. The molecule has 2 aromatic carbocycles. The van der Waals surface area contributed by atoms with Crippen LogP contribution in [-0.2, 0) is 0 Å². The van der Waals surface area contributed by atoms with Crippen molar-refractivity contribution in [2.24, 2.45) is 0 Å². The largest absolute Gasteiger partial charge is 0.455 e. The van der Waals surface area contributed by atoms with Crippen molar-refractivity contribution in [2.45, 2.75) is 0 Å². The van der Waals surface area contributed by atoms with Gasteiger partial charge in [0, 0.05) is 19.8 Å². The first kappa shape index (κ1) is 11.3. The molecule has 0 amide bonds. The molecule has 0 saturated carbocycles. The molecule has 3 nitrogen and oxygen atoms in total. The van der Waals surface area contributed by atoms with Gasteiger partial charge in [0.25, 0.3) is 0 Å². The van der Waals surface area contributed by atoms with Crippen LogP contribution in [0, 0.1) is 0 Å². The number of anilines is 2. The summed E-state index contributed by atoms with van der Waals surface area (Å²) in [7, 11) is 4.01. The molecule has 0 fully saturated rings. The monoisotopic (exact) mass is 228 g/mol. The molecular weight excluding hydrogens is 212 g/mol. The van der Waals surface area contributed by atoms with E-state index in [4.69, 9.17) is 10.5 Å². The quantitative estimate of drug-likeness (QED) is 0.820. The fraction of sp³-hybridized carbons (Fsp3) is 0.143. The number of hydrogen-bond donors (Lipinski definition) is 1. The topological polar surface area (TPSA) is 38.5 Å². The van der Waals surface area contributed by atoms with Gasteiger partial charge < -0.3 is 15.4 Å². The number of hydrogen-bond acceptors (Lipinski definition) is 3. The summed E-state index contributed by atoms with van der Waals surface area (Å²) in [5, 5.41) is 0. The van der Waals surface area contributed by atoms with Crippen molar-refractivity contribution in [1.29, 1.82) is 0 Å². The Morgan fingerprint density at radius 3 is 2.18 bits per heavy atom. The van der Waals surface area contributed by atoms with Crippen LogP contribution in [0.4, 0.5) is 11.4 Å². The van der Waals surface area contributed by atoms with E-state index < -0.39 is 0 Å². The Morgan fingerprint density at radius 1 is 0.941 bits per heavy atom. The maximum Gasteiger partial charge on any atom is 0.150 e. The van der Waals surface area contributed by atoms with Crippen LogP contribution in [0.15, 0.2) is 48.5 Å². The van der Waals surface area contributed by atoms with Crippen molar-refractivity contribution < 1.29 is 4.74 Å². The van der Waals surface area contributed by atoms with Gasteiger partial charge in [-0.15, -0.1) is 0 Å². The molecule has 88 valence electrons. The van der Waals surface area contributed by atoms with E-state index in [2.05, 4.69) is 0 Å². The zero-order valence-corrected chi connectivity index (χ0v) is 10.1. The highest BCUT2D eigenvalue weighted by Gasteiger charge is 2.01. The minimum atomic E-state index is 0.643. The summed E-state index contributed by atoms with van der Waals surface area (Å²) in [6, 6.07) is 15.3. The van der Waals surface area contributed by atoms with Crippen LogP contribution in [-0.4, -0.2) is 14.1 Å². The summed E-state index contributed by atoms with van der Waals surface area (Å²) in [6.07, 6.45) is 0. The molecule has 0 heterocycles. The van der Waals surface area contributed by atoms with Crippen LogP contribution < -0.4 is 15.4 Å².